The van der Waals surface area contributed by atoms with Crippen molar-refractivity contribution < 1.29 is 14.3 Å². The van der Waals surface area contributed by atoms with E-state index in [1.165, 1.54) is 11.3 Å². The van der Waals surface area contributed by atoms with Crippen LogP contribution in [0.25, 0.3) is 6.08 Å². The van der Waals surface area contributed by atoms with Crippen LogP contribution in [-0.4, -0.2) is 47.8 Å². The molecule has 2 heterocycles. The molecule has 0 unspecified atom stereocenters. The first kappa shape index (κ1) is 16.1. The average molecular weight is 332 g/mol. The molecule has 0 N–H and O–H groups in total. The highest BCUT2D eigenvalue weighted by atomic mass is 32.2. The number of likely N-dealkylation sites (tertiary alicyclic amines) is 1. The number of hydrogen-bond acceptors (Lipinski definition) is 5. The zero-order valence-corrected chi connectivity index (χ0v) is 14.0. The van der Waals surface area contributed by atoms with Crippen LogP contribution >= 0.6 is 11.8 Å². The second-order valence-electron chi connectivity index (χ2n) is 5.67. The Balaban J connectivity index is 1.76. The molecule has 122 valence electrons. The number of benzene rings is 1. The number of para-hydroxylation sites is 1. The van der Waals surface area contributed by atoms with Gasteiger partial charge in [0.25, 0.3) is 11.1 Å². The number of methoxy groups -OCH3 is 1. The van der Waals surface area contributed by atoms with Crippen LogP contribution in [-0.2, 0) is 4.79 Å². The topological polar surface area (TPSA) is 49.9 Å². The van der Waals surface area contributed by atoms with Gasteiger partial charge >= 0.3 is 0 Å². The van der Waals surface area contributed by atoms with Gasteiger partial charge in [0.2, 0.25) is 0 Å². The van der Waals surface area contributed by atoms with E-state index in [0.717, 1.165) is 43.3 Å². The van der Waals surface area contributed by atoms with Gasteiger partial charge in [-0.05, 0) is 49.8 Å². The molecular weight excluding hydrogens is 312 g/mol. The highest BCUT2D eigenvalue weighted by Crippen LogP contribution is 2.34. The molecule has 0 spiro atoms. The summed E-state index contributed by atoms with van der Waals surface area (Å²) in [5, 5.41) is -0.193. The second kappa shape index (κ2) is 7.19. The molecule has 0 atom stereocenters. The minimum atomic E-state index is -0.212. The van der Waals surface area contributed by atoms with Gasteiger partial charge in [0.05, 0.1) is 18.7 Å². The molecule has 2 aliphatic rings. The van der Waals surface area contributed by atoms with Crippen LogP contribution in [0.4, 0.5) is 4.79 Å². The SMILES string of the molecule is COc1ccccc1C=C1SC(=O)N(CN2CCCCC2)C1=O. The molecule has 2 saturated heterocycles. The molecule has 6 heteroatoms. The van der Waals surface area contributed by atoms with E-state index < -0.39 is 0 Å². The van der Waals surface area contributed by atoms with Gasteiger partial charge in [0, 0.05) is 5.56 Å². The molecule has 2 aliphatic heterocycles. The van der Waals surface area contributed by atoms with Crippen molar-refractivity contribution in [3.05, 3.63) is 34.7 Å². The minimum absolute atomic E-state index is 0.193. The second-order valence-corrected chi connectivity index (χ2v) is 6.66. The third kappa shape index (κ3) is 3.59. The van der Waals surface area contributed by atoms with Crippen molar-refractivity contribution in [3.8, 4) is 5.75 Å². The van der Waals surface area contributed by atoms with E-state index in [-0.39, 0.29) is 11.1 Å². The van der Waals surface area contributed by atoms with E-state index in [1.54, 1.807) is 13.2 Å². The molecule has 2 fully saturated rings. The summed E-state index contributed by atoms with van der Waals surface area (Å²) in [6.07, 6.45) is 5.23. The van der Waals surface area contributed by atoms with Crippen molar-refractivity contribution >= 4 is 29.0 Å². The molecule has 0 radical (unpaired) electrons. The molecule has 0 bridgehead atoms. The lowest BCUT2D eigenvalue weighted by Crippen LogP contribution is -2.42. The van der Waals surface area contributed by atoms with Gasteiger partial charge in [0.1, 0.15) is 5.75 Å². The van der Waals surface area contributed by atoms with Crippen molar-refractivity contribution in [1.82, 2.24) is 9.80 Å². The molecule has 1 aromatic carbocycles. The van der Waals surface area contributed by atoms with E-state index in [9.17, 15) is 9.59 Å². The predicted octanol–water partition coefficient (Wildman–Crippen LogP) is 3.17. The van der Waals surface area contributed by atoms with Crippen LogP contribution in [0, 0.1) is 0 Å². The van der Waals surface area contributed by atoms with Crippen LogP contribution in [0.2, 0.25) is 0 Å². The number of imide groups is 1. The van der Waals surface area contributed by atoms with Gasteiger partial charge in [0.15, 0.2) is 0 Å². The zero-order valence-electron chi connectivity index (χ0n) is 13.2. The monoisotopic (exact) mass is 332 g/mol. The zero-order chi connectivity index (χ0) is 16.2. The Hall–Kier alpha value is -1.79. The lowest BCUT2D eigenvalue weighted by atomic mass is 10.1. The Morgan fingerprint density at radius 3 is 2.65 bits per heavy atom. The largest absolute Gasteiger partial charge is 0.496 e. The average Bonchev–Trinajstić information content (AvgIpc) is 2.84. The summed E-state index contributed by atoms with van der Waals surface area (Å²) in [7, 11) is 1.59. The maximum absolute atomic E-state index is 12.5. The Morgan fingerprint density at radius 1 is 1.17 bits per heavy atom. The van der Waals surface area contributed by atoms with E-state index >= 15 is 0 Å². The maximum atomic E-state index is 12.5. The van der Waals surface area contributed by atoms with E-state index in [4.69, 9.17) is 4.74 Å². The summed E-state index contributed by atoms with van der Waals surface area (Å²) >= 11 is 1.00. The van der Waals surface area contributed by atoms with Crippen molar-refractivity contribution in [2.75, 3.05) is 26.9 Å². The minimum Gasteiger partial charge on any atom is -0.496 e. The quantitative estimate of drug-likeness (QED) is 0.793. The smallest absolute Gasteiger partial charge is 0.294 e. The summed E-state index contributed by atoms with van der Waals surface area (Å²) < 4.78 is 5.29. The number of nitrogens with zero attached hydrogens (tertiary/aromatic N) is 2. The summed E-state index contributed by atoms with van der Waals surface area (Å²) in [6, 6.07) is 7.46. The van der Waals surface area contributed by atoms with Gasteiger partial charge in [-0.15, -0.1) is 0 Å². The standard InChI is InChI=1S/C17H20N2O3S/c1-22-14-8-4-3-7-13(14)11-15-16(20)19(17(21)23-15)12-18-9-5-2-6-10-18/h3-4,7-8,11H,2,5-6,9-10,12H2,1H3. The van der Waals surface area contributed by atoms with Crippen molar-refractivity contribution in [1.29, 1.82) is 0 Å². The van der Waals surface area contributed by atoms with Gasteiger partial charge < -0.3 is 4.74 Å². The molecule has 1 aromatic rings. The molecule has 0 aromatic heterocycles. The summed E-state index contributed by atoms with van der Waals surface area (Å²) in [4.78, 5) is 28.7. The number of hydrogen-bond donors (Lipinski definition) is 0. The maximum Gasteiger partial charge on any atom is 0.294 e. The Labute approximate surface area is 140 Å². The van der Waals surface area contributed by atoms with Gasteiger partial charge in [-0.1, -0.05) is 24.6 Å². The number of ether oxygens (including phenoxy) is 1. The van der Waals surface area contributed by atoms with Crippen molar-refractivity contribution in [2.45, 2.75) is 19.3 Å². The van der Waals surface area contributed by atoms with Gasteiger partial charge in [-0.25, -0.2) is 0 Å². The highest BCUT2D eigenvalue weighted by Gasteiger charge is 2.36. The fraction of sp³-hybridized carbons (Fsp3) is 0.412. The van der Waals surface area contributed by atoms with Crippen LogP contribution in [0.1, 0.15) is 24.8 Å². The lowest BCUT2D eigenvalue weighted by molar-refractivity contribution is -0.124. The van der Waals surface area contributed by atoms with E-state index in [2.05, 4.69) is 4.90 Å². The fourth-order valence-corrected chi connectivity index (χ4v) is 3.67. The molecule has 3 rings (SSSR count). The summed E-state index contributed by atoms with van der Waals surface area (Å²) in [5.74, 6) is 0.479. The van der Waals surface area contributed by atoms with Crippen molar-refractivity contribution in [2.24, 2.45) is 0 Å². The first-order valence-electron chi connectivity index (χ1n) is 7.80. The number of thioether (sulfide) groups is 1. The van der Waals surface area contributed by atoms with E-state index in [0.29, 0.717) is 17.3 Å². The first-order valence-corrected chi connectivity index (χ1v) is 8.61. The van der Waals surface area contributed by atoms with Crippen LogP contribution < -0.4 is 4.74 Å². The molecular formula is C17H20N2O3S. The number of rotatable bonds is 4. The molecule has 5 nitrogen and oxygen atoms in total. The highest BCUT2D eigenvalue weighted by molar-refractivity contribution is 8.18. The first-order chi connectivity index (χ1) is 11.2. The predicted molar refractivity (Wildman–Crippen MR) is 91.1 cm³/mol. The normalized spacial score (nSPS) is 21.3. The van der Waals surface area contributed by atoms with Crippen LogP contribution in [0.3, 0.4) is 0 Å². The third-order valence-corrected chi connectivity index (χ3v) is 5.00. The summed E-state index contributed by atoms with van der Waals surface area (Å²) in [6.45, 7) is 2.30. The van der Waals surface area contributed by atoms with Gasteiger partial charge in [-0.2, -0.15) is 0 Å². The fourth-order valence-electron chi connectivity index (χ4n) is 2.85. The molecule has 0 saturated carbocycles. The van der Waals surface area contributed by atoms with Crippen LogP contribution in [0.15, 0.2) is 29.2 Å². The third-order valence-electron chi connectivity index (χ3n) is 4.09. The number of piperidine rings is 1. The lowest BCUT2D eigenvalue weighted by Gasteiger charge is -2.29. The Bertz CT molecular complexity index is 638. The number of amides is 2. The van der Waals surface area contributed by atoms with Crippen LogP contribution in [0.5, 0.6) is 5.75 Å². The van der Waals surface area contributed by atoms with Gasteiger partial charge in [-0.3, -0.25) is 19.4 Å². The Morgan fingerprint density at radius 2 is 1.91 bits per heavy atom. The number of carbonyl (C=O) groups is 2. The number of carbonyl (C=O) groups excluding carboxylic acids is 2. The van der Waals surface area contributed by atoms with E-state index in [1.807, 2.05) is 24.3 Å². The molecule has 0 aliphatic carbocycles. The molecule has 23 heavy (non-hydrogen) atoms. The summed E-state index contributed by atoms with van der Waals surface area (Å²) in [5.41, 5.74) is 0.804. The van der Waals surface area contributed by atoms with Crippen molar-refractivity contribution in [3.63, 3.8) is 0 Å². The Kier molecular flexibility index (Phi) is 5.03. The molecule has 2 amide bonds.